The molecular formula is C16H19F6N3O. The molecule has 0 bridgehead atoms. The van der Waals surface area contributed by atoms with E-state index in [1.54, 1.807) is 0 Å². The molecule has 4 nitrogen and oxygen atoms in total. The fourth-order valence-corrected chi connectivity index (χ4v) is 2.66. The lowest BCUT2D eigenvalue weighted by Gasteiger charge is -2.43. The van der Waals surface area contributed by atoms with Gasteiger partial charge in [-0.15, -0.1) is 0 Å². The van der Waals surface area contributed by atoms with Gasteiger partial charge in [0.25, 0.3) is 0 Å². The molecule has 2 amide bonds. The standard InChI is InChI=1S/C16H19F6N3O/c1-3-4-24(2)13-8-25(9-13)14(26)23-12-6-10(15(17,18)19)5-11(7-12)16(20,21)22/h5-7,13H,3-4,8-9H2,1-2H3,(H,23,26). The van der Waals surface area contributed by atoms with Crippen LogP contribution in [0.15, 0.2) is 18.2 Å². The molecule has 26 heavy (non-hydrogen) atoms. The first-order valence-electron chi connectivity index (χ1n) is 7.97. The van der Waals surface area contributed by atoms with E-state index in [4.69, 9.17) is 0 Å². The molecule has 0 aromatic heterocycles. The zero-order valence-electron chi connectivity index (χ0n) is 14.2. The third-order valence-electron chi connectivity index (χ3n) is 4.19. The number of urea groups is 1. The third-order valence-corrected chi connectivity index (χ3v) is 4.19. The van der Waals surface area contributed by atoms with Gasteiger partial charge in [-0.25, -0.2) is 4.79 Å². The van der Waals surface area contributed by atoms with E-state index in [1.807, 2.05) is 14.0 Å². The van der Waals surface area contributed by atoms with Crippen LogP contribution in [0.2, 0.25) is 0 Å². The van der Waals surface area contributed by atoms with E-state index in [-0.39, 0.29) is 12.1 Å². The van der Waals surface area contributed by atoms with Crippen molar-refractivity contribution in [1.82, 2.24) is 9.80 Å². The summed E-state index contributed by atoms with van der Waals surface area (Å²) in [4.78, 5) is 15.5. The number of anilines is 1. The topological polar surface area (TPSA) is 35.6 Å². The van der Waals surface area contributed by atoms with Gasteiger partial charge in [-0.3, -0.25) is 4.90 Å². The molecule has 1 aliphatic rings. The zero-order valence-corrected chi connectivity index (χ0v) is 14.2. The van der Waals surface area contributed by atoms with Crippen molar-refractivity contribution in [2.75, 3.05) is 32.0 Å². The van der Waals surface area contributed by atoms with Gasteiger partial charge in [-0.1, -0.05) is 6.92 Å². The fourth-order valence-electron chi connectivity index (χ4n) is 2.66. The minimum atomic E-state index is -4.95. The largest absolute Gasteiger partial charge is 0.416 e. The van der Waals surface area contributed by atoms with Crippen LogP contribution in [-0.2, 0) is 12.4 Å². The minimum absolute atomic E-state index is 0.0228. The first kappa shape index (κ1) is 20.3. The second kappa shape index (κ2) is 7.34. The van der Waals surface area contributed by atoms with E-state index < -0.39 is 35.2 Å². The molecule has 1 fully saturated rings. The summed E-state index contributed by atoms with van der Waals surface area (Å²) in [6.07, 6.45) is -8.97. The highest BCUT2D eigenvalue weighted by molar-refractivity contribution is 5.90. The second-order valence-corrected chi connectivity index (χ2v) is 6.26. The molecule has 0 spiro atoms. The summed E-state index contributed by atoms with van der Waals surface area (Å²) in [5.41, 5.74) is -3.47. The maximum atomic E-state index is 12.8. The van der Waals surface area contributed by atoms with Crippen LogP contribution in [-0.4, -0.2) is 48.6 Å². The highest BCUT2D eigenvalue weighted by Gasteiger charge is 2.38. The van der Waals surface area contributed by atoms with Crippen LogP contribution in [0.3, 0.4) is 0 Å². The molecular weight excluding hydrogens is 364 g/mol. The molecule has 1 aliphatic heterocycles. The Kier molecular flexibility index (Phi) is 5.74. The number of carbonyl (C=O) groups is 1. The third kappa shape index (κ3) is 4.80. The van der Waals surface area contributed by atoms with Crippen molar-refractivity contribution in [2.45, 2.75) is 31.7 Å². The first-order valence-corrected chi connectivity index (χ1v) is 7.97. The van der Waals surface area contributed by atoms with Crippen molar-refractivity contribution in [3.05, 3.63) is 29.3 Å². The average molecular weight is 383 g/mol. The number of benzene rings is 1. The zero-order chi connectivity index (χ0) is 19.7. The van der Waals surface area contributed by atoms with Gasteiger partial charge in [0.2, 0.25) is 0 Å². The molecule has 0 unspecified atom stereocenters. The minimum Gasteiger partial charge on any atom is -0.321 e. The van der Waals surface area contributed by atoms with Crippen LogP contribution in [0.5, 0.6) is 0 Å². The summed E-state index contributed by atoms with van der Waals surface area (Å²) < 4.78 is 77.0. The van der Waals surface area contributed by atoms with Gasteiger partial charge in [0, 0.05) is 24.8 Å². The number of halogens is 6. The van der Waals surface area contributed by atoms with E-state index in [9.17, 15) is 31.1 Å². The molecule has 0 radical (unpaired) electrons. The summed E-state index contributed by atoms with van der Waals surface area (Å²) in [7, 11) is 1.89. The van der Waals surface area contributed by atoms with E-state index in [0.717, 1.165) is 13.0 Å². The van der Waals surface area contributed by atoms with Crippen molar-refractivity contribution < 1.29 is 31.1 Å². The number of amides is 2. The van der Waals surface area contributed by atoms with Gasteiger partial charge >= 0.3 is 18.4 Å². The average Bonchev–Trinajstić information content (AvgIpc) is 2.43. The summed E-state index contributed by atoms with van der Waals surface area (Å²) in [5.74, 6) is 0. The number of nitrogens with one attached hydrogen (secondary N) is 1. The number of rotatable bonds is 4. The molecule has 1 N–H and O–H groups in total. The van der Waals surface area contributed by atoms with Crippen molar-refractivity contribution >= 4 is 11.7 Å². The highest BCUT2D eigenvalue weighted by atomic mass is 19.4. The number of nitrogens with zero attached hydrogens (tertiary/aromatic N) is 2. The van der Waals surface area contributed by atoms with Crippen molar-refractivity contribution in [2.24, 2.45) is 0 Å². The Hall–Kier alpha value is -1.97. The predicted octanol–water partition coefficient (Wildman–Crippen LogP) is 4.28. The molecule has 1 saturated heterocycles. The summed E-state index contributed by atoms with van der Waals surface area (Å²) in [5, 5.41) is 2.13. The number of hydrogen-bond donors (Lipinski definition) is 1. The molecule has 2 rings (SSSR count). The summed E-state index contributed by atoms with van der Waals surface area (Å²) in [6.45, 7) is 3.58. The summed E-state index contributed by atoms with van der Waals surface area (Å²) >= 11 is 0. The Labute approximate surface area is 146 Å². The highest BCUT2D eigenvalue weighted by Crippen LogP contribution is 2.37. The molecule has 1 heterocycles. The summed E-state index contributed by atoms with van der Waals surface area (Å²) in [6, 6.07) is 0.419. The lowest BCUT2D eigenvalue weighted by molar-refractivity contribution is -0.143. The first-order chi connectivity index (χ1) is 11.9. The monoisotopic (exact) mass is 383 g/mol. The quantitative estimate of drug-likeness (QED) is 0.788. The molecule has 10 heteroatoms. The van der Waals surface area contributed by atoms with Gasteiger partial charge in [0.05, 0.1) is 11.1 Å². The van der Waals surface area contributed by atoms with Crippen LogP contribution in [0.25, 0.3) is 0 Å². The molecule has 0 aliphatic carbocycles. The van der Waals surface area contributed by atoms with Gasteiger partial charge in [0.1, 0.15) is 0 Å². The van der Waals surface area contributed by atoms with Gasteiger partial charge < -0.3 is 10.2 Å². The number of carbonyl (C=O) groups excluding carboxylic acids is 1. The van der Waals surface area contributed by atoms with E-state index >= 15 is 0 Å². The van der Waals surface area contributed by atoms with Crippen LogP contribution in [0.1, 0.15) is 24.5 Å². The smallest absolute Gasteiger partial charge is 0.321 e. The van der Waals surface area contributed by atoms with Crippen molar-refractivity contribution in [3.8, 4) is 0 Å². The van der Waals surface area contributed by atoms with Crippen molar-refractivity contribution in [3.63, 3.8) is 0 Å². The van der Waals surface area contributed by atoms with Gasteiger partial charge in [-0.2, -0.15) is 26.3 Å². The number of alkyl halides is 6. The lowest BCUT2D eigenvalue weighted by atomic mass is 10.1. The van der Waals surface area contributed by atoms with Crippen LogP contribution in [0.4, 0.5) is 36.8 Å². The van der Waals surface area contributed by atoms with Gasteiger partial charge in [-0.05, 0) is 38.2 Å². The van der Waals surface area contributed by atoms with Crippen LogP contribution < -0.4 is 5.32 Å². The number of hydrogen-bond acceptors (Lipinski definition) is 2. The molecule has 0 atom stereocenters. The Morgan fingerprint density at radius 3 is 2.04 bits per heavy atom. The van der Waals surface area contributed by atoms with E-state index in [1.165, 1.54) is 4.90 Å². The lowest BCUT2D eigenvalue weighted by Crippen LogP contribution is -2.61. The molecule has 0 saturated carbocycles. The predicted molar refractivity (Wildman–Crippen MR) is 83.7 cm³/mol. The Morgan fingerprint density at radius 1 is 1.12 bits per heavy atom. The Balaban J connectivity index is 2.10. The molecule has 146 valence electrons. The SMILES string of the molecule is CCCN(C)C1CN(C(=O)Nc2cc(C(F)(F)F)cc(C(F)(F)F)c2)C1. The van der Waals surface area contributed by atoms with Crippen molar-refractivity contribution in [1.29, 1.82) is 0 Å². The fraction of sp³-hybridized carbons (Fsp3) is 0.562. The van der Waals surface area contributed by atoms with Gasteiger partial charge in [0.15, 0.2) is 0 Å². The second-order valence-electron chi connectivity index (χ2n) is 6.26. The Morgan fingerprint density at radius 2 is 1.62 bits per heavy atom. The maximum absolute atomic E-state index is 12.8. The van der Waals surface area contributed by atoms with E-state index in [2.05, 4.69) is 10.2 Å². The normalized spacial score (nSPS) is 16.0. The van der Waals surface area contributed by atoms with Crippen LogP contribution >= 0.6 is 0 Å². The number of likely N-dealkylation sites (tertiary alicyclic amines) is 1. The van der Waals surface area contributed by atoms with Crippen LogP contribution in [0, 0.1) is 0 Å². The molecule has 1 aromatic rings. The number of likely N-dealkylation sites (N-methyl/N-ethyl adjacent to an activating group) is 1. The Bertz CT molecular complexity index is 620. The van der Waals surface area contributed by atoms with E-state index in [0.29, 0.717) is 25.2 Å². The maximum Gasteiger partial charge on any atom is 0.416 e. The molecule has 1 aromatic carbocycles.